The van der Waals surface area contributed by atoms with Gasteiger partial charge in [-0.15, -0.1) is 11.3 Å². The molecular formula is C10H6FS. The van der Waals surface area contributed by atoms with E-state index in [0.29, 0.717) is 5.56 Å². The van der Waals surface area contributed by atoms with E-state index in [4.69, 9.17) is 0 Å². The van der Waals surface area contributed by atoms with Gasteiger partial charge in [0.2, 0.25) is 0 Å². The molecule has 1 aromatic carbocycles. The van der Waals surface area contributed by atoms with E-state index in [0.717, 1.165) is 5.56 Å². The van der Waals surface area contributed by atoms with Gasteiger partial charge in [-0.2, -0.15) is 0 Å². The zero-order chi connectivity index (χ0) is 8.39. The molecule has 0 amide bonds. The second-order valence-corrected chi connectivity index (χ2v) is 3.13. The molecule has 0 N–H and O–H groups in total. The van der Waals surface area contributed by atoms with Crippen molar-refractivity contribution in [1.82, 2.24) is 0 Å². The van der Waals surface area contributed by atoms with Gasteiger partial charge in [-0.25, -0.2) is 4.39 Å². The van der Waals surface area contributed by atoms with Gasteiger partial charge in [-0.3, -0.25) is 0 Å². The molecule has 0 aliphatic rings. The lowest BCUT2D eigenvalue weighted by molar-refractivity contribution is 0.631. The third kappa shape index (κ3) is 1.25. The highest BCUT2D eigenvalue weighted by Crippen LogP contribution is 2.23. The standard InChI is InChI=1S/C10H6FS/c11-10-4-2-1-3-9(10)8-5-6-12-7-8/h1-6H. The van der Waals surface area contributed by atoms with Crippen LogP contribution in [-0.4, -0.2) is 0 Å². The monoisotopic (exact) mass is 177 g/mol. The molecule has 2 aromatic rings. The van der Waals surface area contributed by atoms with Gasteiger partial charge in [-0.1, -0.05) is 18.2 Å². The Bertz CT molecular complexity index is 365. The van der Waals surface area contributed by atoms with Crippen LogP contribution in [-0.2, 0) is 0 Å². The van der Waals surface area contributed by atoms with E-state index in [1.54, 1.807) is 12.1 Å². The van der Waals surface area contributed by atoms with Crippen molar-refractivity contribution in [2.75, 3.05) is 0 Å². The normalized spacial score (nSPS) is 10.1. The van der Waals surface area contributed by atoms with Crippen molar-refractivity contribution in [3.05, 3.63) is 46.9 Å². The summed E-state index contributed by atoms with van der Waals surface area (Å²) in [5.41, 5.74) is 1.46. The van der Waals surface area contributed by atoms with E-state index in [9.17, 15) is 4.39 Å². The maximum Gasteiger partial charge on any atom is 0.131 e. The molecule has 1 aromatic heterocycles. The lowest BCUT2D eigenvalue weighted by Gasteiger charge is -1.97. The van der Waals surface area contributed by atoms with Crippen LogP contribution in [0.3, 0.4) is 0 Å². The van der Waals surface area contributed by atoms with Crippen LogP contribution in [0.15, 0.2) is 35.7 Å². The van der Waals surface area contributed by atoms with Crippen molar-refractivity contribution in [2.45, 2.75) is 0 Å². The minimum Gasteiger partial charge on any atom is -0.206 e. The summed E-state index contributed by atoms with van der Waals surface area (Å²) in [7, 11) is 0. The van der Waals surface area contributed by atoms with Crippen molar-refractivity contribution in [2.24, 2.45) is 0 Å². The van der Waals surface area contributed by atoms with Crippen molar-refractivity contribution in [3.8, 4) is 11.1 Å². The average Bonchev–Trinajstić information content (AvgIpc) is 2.57. The van der Waals surface area contributed by atoms with Crippen molar-refractivity contribution < 1.29 is 4.39 Å². The highest BCUT2D eigenvalue weighted by atomic mass is 32.1. The lowest BCUT2D eigenvalue weighted by Crippen LogP contribution is -1.79. The molecular weight excluding hydrogens is 171 g/mol. The third-order valence-electron chi connectivity index (χ3n) is 1.64. The molecule has 0 nitrogen and oxygen atoms in total. The Morgan fingerprint density at radius 1 is 1.17 bits per heavy atom. The first-order valence-corrected chi connectivity index (χ1v) is 4.46. The van der Waals surface area contributed by atoms with Crippen LogP contribution >= 0.6 is 11.3 Å². The zero-order valence-corrected chi connectivity index (χ0v) is 7.07. The Morgan fingerprint density at radius 3 is 2.67 bits per heavy atom. The summed E-state index contributed by atoms with van der Waals surface area (Å²) >= 11 is 1.45. The summed E-state index contributed by atoms with van der Waals surface area (Å²) in [5.74, 6) is -0.188. The van der Waals surface area contributed by atoms with Gasteiger partial charge in [0.1, 0.15) is 5.82 Å². The molecule has 1 radical (unpaired) electrons. The molecule has 0 unspecified atom stereocenters. The Morgan fingerprint density at radius 2 is 2.00 bits per heavy atom. The fourth-order valence-corrected chi connectivity index (χ4v) is 1.64. The maximum absolute atomic E-state index is 13.1. The van der Waals surface area contributed by atoms with Crippen LogP contribution in [0, 0.1) is 11.2 Å². The van der Waals surface area contributed by atoms with Crippen LogP contribution in [0.2, 0.25) is 0 Å². The van der Waals surface area contributed by atoms with Crippen molar-refractivity contribution in [3.63, 3.8) is 0 Å². The average molecular weight is 177 g/mol. The molecule has 0 aliphatic carbocycles. The molecule has 0 atom stereocenters. The summed E-state index contributed by atoms with van der Waals surface area (Å²) in [6.45, 7) is 0. The predicted octanol–water partition coefficient (Wildman–Crippen LogP) is 3.35. The zero-order valence-electron chi connectivity index (χ0n) is 6.25. The van der Waals surface area contributed by atoms with Crippen molar-refractivity contribution in [1.29, 1.82) is 0 Å². The fraction of sp³-hybridized carbons (Fsp3) is 0. The topological polar surface area (TPSA) is 0 Å². The Labute approximate surface area is 74.3 Å². The van der Waals surface area contributed by atoms with Crippen LogP contribution in [0.4, 0.5) is 4.39 Å². The number of rotatable bonds is 1. The van der Waals surface area contributed by atoms with Gasteiger partial charge in [0.25, 0.3) is 0 Å². The van der Waals surface area contributed by atoms with E-state index >= 15 is 0 Å². The van der Waals surface area contributed by atoms with Gasteiger partial charge in [0.15, 0.2) is 0 Å². The van der Waals surface area contributed by atoms with Crippen LogP contribution in [0.5, 0.6) is 0 Å². The van der Waals surface area contributed by atoms with E-state index < -0.39 is 0 Å². The summed E-state index contributed by atoms with van der Waals surface area (Å²) < 4.78 is 13.1. The molecule has 0 saturated heterocycles. The van der Waals surface area contributed by atoms with Crippen molar-refractivity contribution >= 4 is 11.3 Å². The quantitative estimate of drug-likeness (QED) is 0.626. The number of hydrogen-bond donors (Lipinski definition) is 0. The molecule has 0 spiro atoms. The first kappa shape index (κ1) is 7.50. The molecule has 2 heteroatoms. The van der Waals surface area contributed by atoms with Gasteiger partial charge in [0, 0.05) is 11.1 Å². The summed E-state index contributed by atoms with van der Waals surface area (Å²) in [6, 6.07) is 8.59. The lowest BCUT2D eigenvalue weighted by atomic mass is 10.1. The van der Waals surface area contributed by atoms with E-state index in [1.807, 2.05) is 17.5 Å². The first-order chi connectivity index (χ1) is 5.88. The number of halogens is 1. The summed E-state index contributed by atoms with van der Waals surface area (Å²) in [5, 5.41) is 4.89. The second kappa shape index (κ2) is 3.07. The molecule has 2 rings (SSSR count). The molecule has 1 heterocycles. The SMILES string of the molecule is Fc1ccccc1-c1[c]scc1. The van der Waals surface area contributed by atoms with Gasteiger partial charge < -0.3 is 0 Å². The minimum atomic E-state index is -0.188. The molecule has 0 fully saturated rings. The highest BCUT2D eigenvalue weighted by molar-refractivity contribution is 7.07. The van der Waals surface area contributed by atoms with E-state index in [1.165, 1.54) is 17.4 Å². The first-order valence-electron chi connectivity index (χ1n) is 3.58. The minimum absolute atomic E-state index is 0.188. The second-order valence-electron chi connectivity index (χ2n) is 2.42. The molecule has 59 valence electrons. The fourth-order valence-electron chi connectivity index (χ4n) is 1.06. The smallest absolute Gasteiger partial charge is 0.131 e. The largest absolute Gasteiger partial charge is 0.206 e. The van der Waals surface area contributed by atoms with Gasteiger partial charge in [0.05, 0.1) is 5.38 Å². The molecule has 0 aliphatic heterocycles. The molecule has 12 heavy (non-hydrogen) atoms. The Balaban J connectivity index is 2.55. The number of thiophene rings is 1. The van der Waals surface area contributed by atoms with Crippen LogP contribution in [0.25, 0.3) is 11.1 Å². The molecule has 0 bridgehead atoms. The Hall–Kier alpha value is -1.15. The van der Waals surface area contributed by atoms with Crippen LogP contribution in [0.1, 0.15) is 0 Å². The summed E-state index contributed by atoms with van der Waals surface area (Å²) in [4.78, 5) is 0. The van der Waals surface area contributed by atoms with E-state index in [-0.39, 0.29) is 5.82 Å². The predicted molar refractivity (Wildman–Crippen MR) is 48.5 cm³/mol. The number of benzene rings is 1. The van der Waals surface area contributed by atoms with Crippen LogP contribution < -0.4 is 0 Å². The van der Waals surface area contributed by atoms with Gasteiger partial charge in [-0.05, 0) is 17.5 Å². The van der Waals surface area contributed by atoms with Gasteiger partial charge >= 0.3 is 0 Å². The Kier molecular flexibility index (Phi) is 1.92. The molecule has 0 saturated carbocycles. The highest BCUT2D eigenvalue weighted by Gasteiger charge is 2.02. The summed E-state index contributed by atoms with van der Waals surface area (Å²) in [6.07, 6.45) is 0. The van der Waals surface area contributed by atoms with E-state index in [2.05, 4.69) is 5.38 Å². The number of hydrogen-bond acceptors (Lipinski definition) is 1. The maximum atomic E-state index is 13.1. The third-order valence-corrected chi connectivity index (χ3v) is 2.25.